The molecule has 8 heteroatoms. The van der Waals surface area contributed by atoms with E-state index in [9.17, 15) is 14.7 Å². The predicted octanol–water partition coefficient (Wildman–Crippen LogP) is 2.35. The standard InChI is InChI=1S/C26H29N5O3/c1-15-21(14-27-31(15)25-29-22-9-5-8-20(22)24(33)30-25)23(32)16-10-18-12-26(34,13-19(11-16)28-18)17-6-3-2-4-7-17/h2-4,6-7,14,16,18-19,28,34H,5,8-13H2,1H3,(H,29,30,33). The highest BCUT2D eigenvalue weighted by molar-refractivity contribution is 5.98. The molecule has 4 heterocycles. The maximum Gasteiger partial charge on any atom is 0.255 e. The molecule has 176 valence electrons. The van der Waals surface area contributed by atoms with Gasteiger partial charge in [-0.15, -0.1) is 0 Å². The average molecular weight is 460 g/mol. The third-order valence-corrected chi connectivity index (χ3v) is 7.86. The fourth-order valence-corrected chi connectivity index (χ4v) is 6.25. The van der Waals surface area contributed by atoms with Gasteiger partial charge >= 0.3 is 0 Å². The number of hydrogen-bond donors (Lipinski definition) is 3. The Kier molecular flexibility index (Phi) is 5.04. The molecule has 2 unspecified atom stereocenters. The number of nitrogens with one attached hydrogen (secondary N) is 2. The quantitative estimate of drug-likeness (QED) is 0.516. The van der Waals surface area contributed by atoms with Crippen molar-refractivity contribution in [2.24, 2.45) is 5.92 Å². The second kappa shape index (κ2) is 7.99. The van der Waals surface area contributed by atoms with Gasteiger partial charge in [0.15, 0.2) is 5.78 Å². The Morgan fingerprint density at radius 1 is 1.15 bits per heavy atom. The number of aryl methyl sites for hydroxylation is 1. The van der Waals surface area contributed by atoms with Crippen LogP contribution in [-0.2, 0) is 18.4 Å². The van der Waals surface area contributed by atoms with Crippen molar-refractivity contribution in [1.82, 2.24) is 25.1 Å². The number of Topliss-reactive ketones (excluding diaryl/α,β-unsaturated/α-hetero) is 1. The number of nitrogens with zero attached hydrogens (tertiary/aromatic N) is 3. The summed E-state index contributed by atoms with van der Waals surface area (Å²) in [6.07, 6.45) is 6.65. The zero-order valence-electron chi connectivity index (χ0n) is 19.3. The van der Waals surface area contributed by atoms with Gasteiger partial charge in [-0.2, -0.15) is 5.10 Å². The Hall–Kier alpha value is -3.10. The van der Waals surface area contributed by atoms with Crippen LogP contribution in [0.5, 0.6) is 0 Å². The van der Waals surface area contributed by atoms with Crippen molar-refractivity contribution in [2.45, 2.75) is 69.6 Å². The molecule has 2 aromatic heterocycles. The largest absolute Gasteiger partial charge is 0.385 e. The molecule has 8 nitrogen and oxygen atoms in total. The van der Waals surface area contributed by atoms with Gasteiger partial charge in [-0.25, -0.2) is 9.67 Å². The number of aromatic amines is 1. The van der Waals surface area contributed by atoms with Crippen LogP contribution in [0.2, 0.25) is 0 Å². The normalized spacial score (nSPS) is 28.0. The summed E-state index contributed by atoms with van der Waals surface area (Å²) in [5.41, 5.74) is 2.84. The van der Waals surface area contributed by atoms with E-state index in [2.05, 4.69) is 20.4 Å². The van der Waals surface area contributed by atoms with Crippen molar-refractivity contribution in [3.63, 3.8) is 0 Å². The number of piperidine rings is 2. The summed E-state index contributed by atoms with van der Waals surface area (Å²) in [4.78, 5) is 33.4. The first kappa shape index (κ1) is 21.4. The molecule has 1 aliphatic carbocycles. The maximum absolute atomic E-state index is 13.5. The molecular weight excluding hydrogens is 430 g/mol. The van der Waals surface area contributed by atoms with Crippen LogP contribution in [0.25, 0.3) is 5.95 Å². The fraction of sp³-hybridized carbons (Fsp3) is 0.462. The third-order valence-electron chi connectivity index (χ3n) is 7.86. The number of carbonyl (C=O) groups is 1. The molecular formula is C26H29N5O3. The van der Waals surface area contributed by atoms with Crippen molar-refractivity contribution in [3.05, 3.63) is 75.0 Å². The van der Waals surface area contributed by atoms with Crippen molar-refractivity contribution in [3.8, 4) is 5.95 Å². The van der Waals surface area contributed by atoms with E-state index in [-0.39, 0.29) is 29.3 Å². The van der Waals surface area contributed by atoms with Crippen LogP contribution in [0.4, 0.5) is 0 Å². The second-order valence-corrected chi connectivity index (χ2v) is 10.1. The topological polar surface area (TPSA) is 113 Å². The van der Waals surface area contributed by atoms with Gasteiger partial charge in [0.2, 0.25) is 5.95 Å². The molecule has 2 aliphatic heterocycles. The lowest BCUT2D eigenvalue weighted by atomic mass is 9.70. The van der Waals surface area contributed by atoms with E-state index >= 15 is 0 Å². The number of H-pyrrole nitrogens is 1. The molecule has 0 spiro atoms. The van der Waals surface area contributed by atoms with E-state index < -0.39 is 5.60 Å². The first-order valence-electron chi connectivity index (χ1n) is 12.2. The zero-order chi connectivity index (χ0) is 23.4. The molecule has 6 rings (SSSR count). The minimum Gasteiger partial charge on any atom is -0.385 e. The van der Waals surface area contributed by atoms with Gasteiger partial charge in [0.1, 0.15) is 0 Å². The highest BCUT2D eigenvalue weighted by Crippen LogP contribution is 2.42. The van der Waals surface area contributed by atoms with Gasteiger partial charge in [-0.1, -0.05) is 30.3 Å². The van der Waals surface area contributed by atoms with Crippen LogP contribution < -0.4 is 10.9 Å². The van der Waals surface area contributed by atoms with Crippen molar-refractivity contribution < 1.29 is 9.90 Å². The number of aliphatic hydroxyl groups is 1. The van der Waals surface area contributed by atoms with Gasteiger partial charge in [-0.05, 0) is 57.4 Å². The van der Waals surface area contributed by atoms with Gasteiger partial charge < -0.3 is 10.4 Å². The SMILES string of the molecule is Cc1c(C(=O)C2CC3CC(O)(c4ccccc4)CC(C2)N3)cnn1-c1nc2c(c(=O)[nH]1)CCC2. The van der Waals surface area contributed by atoms with E-state index in [1.165, 1.54) is 0 Å². The molecule has 0 saturated carbocycles. The highest BCUT2D eigenvalue weighted by atomic mass is 16.3. The number of aromatic nitrogens is 4. The lowest BCUT2D eigenvalue weighted by molar-refractivity contribution is -0.0417. The number of fused-ring (bicyclic) bond motifs is 3. The highest BCUT2D eigenvalue weighted by Gasteiger charge is 2.45. The molecule has 2 saturated heterocycles. The van der Waals surface area contributed by atoms with E-state index in [0.717, 1.165) is 36.1 Å². The minimum absolute atomic E-state index is 0.0777. The van der Waals surface area contributed by atoms with Crippen molar-refractivity contribution in [2.75, 3.05) is 0 Å². The minimum atomic E-state index is -0.859. The van der Waals surface area contributed by atoms with Crippen molar-refractivity contribution in [1.29, 1.82) is 0 Å². The Morgan fingerprint density at radius 2 is 1.88 bits per heavy atom. The monoisotopic (exact) mass is 459 g/mol. The smallest absolute Gasteiger partial charge is 0.255 e. The van der Waals surface area contributed by atoms with Crippen LogP contribution in [0.1, 0.15) is 65.0 Å². The fourth-order valence-electron chi connectivity index (χ4n) is 6.25. The van der Waals surface area contributed by atoms with Gasteiger partial charge in [0, 0.05) is 23.6 Å². The predicted molar refractivity (Wildman–Crippen MR) is 126 cm³/mol. The van der Waals surface area contributed by atoms with Crippen LogP contribution >= 0.6 is 0 Å². The van der Waals surface area contributed by atoms with Crippen LogP contribution in [0, 0.1) is 12.8 Å². The molecule has 2 fully saturated rings. The van der Waals surface area contributed by atoms with Crippen LogP contribution in [0.3, 0.4) is 0 Å². The number of carbonyl (C=O) groups excluding carboxylic acids is 1. The summed E-state index contributed by atoms with van der Waals surface area (Å²) in [5.74, 6) is 0.325. The van der Waals surface area contributed by atoms with Gasteiger partial charge in [-0.3, -0.25) is 14.6 Å². The summed E-state index contributed by atoms with van der Waals surface area (Å²) in [7, 11) is 0. The lowest BCUT2D eigenvalue weighted by Crippen LogP contribution is -2.57. The van der Waals surface area contributed by atoms with E-state index in [1.807, 2.05) is 37.3 Å². The third kappa shape index (κ3) is 3.52. The Labute approximate surface area is 197 Å². The van der Waals surface area contributed by atoms with Gasteiger partial charge in [0.05, 0.1) is 28.7 Å². The summed E-state index contributed by atoms with van der Waals surface area (Å²) < 4.78 is 1.57. The molecule has 0 radical (unpaired) electrons. The maximum atomic E-state index is 13.5. The summed E-state index contributed by atoms with van der Waals surface area (Å²) >= 11 is 0. The molecule has 3 aromatic rings. The Balaban J connectivity index is 1.23. The Bertz CT molecular complexity index is 1300. The molecule has 3 N–H and O–H groups in total. The second-order valence-electron chi connectivity index (χ2n) is 10.1. The number of rotatable bonds is 4. The number of benzene rings is 1. The molecule has 0 amide bonds. The summed E-state index contributed by atoms with van der Waals surface area (Å²) in [6.45, 7) is 1.85. The summed E-state index contributed by atoms with van der Waals surface area (Å²) in [6, 6.07) is 10.0. The van der Waals surface area contributed by atoms with Crippen LogP contribution in [0.15, 0.2) is 41.3 Å². The molecule has 34 heavy (non-hydrogen) atoms. The Morgan fingerprint density at radius 3 is 2.62 bits per heavy atom. The molecule has 2 bridgehead atoms. The van der Waals surface area contributed by atoms with Gasteiger partial charge in [0.25, 0.3) is 5.56 Å². The first-order valence-corrected chi connectivity index (χ1v) is 12.2. The molecule has 1 aromatic carbocycles. The molecule has 2 atom stereocenters. The van der Waals surface area contributed by atoms with E-state index in [1.54, 1.807) is 10.9 Å². The van der Waals surface area contributed by atoms with Crippen molar-refractivity contribution >= 4 is 5.78 Å². The zero-order valence-corrected chi connectivity index (χ0v) is 19.3. The average Bonchev–Trinajstić information content (AvgIpc) is 3.45. The summed E-state index contributed by atoms with van der Waals surface area (Å²) in [5, 5.41) is 19.4. The van der Waals surface area contributed by atoms with E-state index in [4.69, 9.17) is 0 Å². The van der Waals surface area contributed by atoms with Crippen LogP contribution in [-0.4, -0.2) is 42.7 Å². The lowest BCUT2D eigenvalue weighted by Gasteiger charge is -2.47. The van der Waals surface area contributed by atoms with E-state index in [0.29, 0.717) is 42.9 Å². The number of ketones is 1. The number of hydrogen-bond acceptors (Lipinski definition) is 6. The first-order chi connectivity index (χ1) is 16.4. The molecule has 3 aliphatic rings.